The summed E-state index contributed by atoms with van der Waals surface area (Å²) in [5.74, 6) is 0. The van der Waals surface area contributed by atoms with Crippen LogP contribution in [0.15, 0.2) is 54.6 Å². The maximum absolute atomic E-state index is 2.34. The van der Waals surface area contributed by atoms with Crippen molar-refractivity contribution in [1.82, 2.24) is 4.57 Å². The van der Waals surface area contributed by atoms with Crippen molar-refractivity contribution in [1.29, 1.82) is 0 Å². The lowest BCUT2D eigenvalue weighted by molar-refractivity contribution is 0.676. The van der Waals surface area contributed by atoms with Crippen LogP contribution in [0, 0.1) is 0 Å². The molecule has 0 N–H and O–H groups in total. The van der Waals surface area contributed by atoms with Crippen LogP contribution >= 0.6 is 0 Å². The number of benzene rings is 2. The van der Waals surface area contributed by atoms with E-state index in [-0.39, 0.29) is 5.41 Å². The van der Waals surface area contributed by atoms with Gasteiger partial charge in [-0.1, -0.05) is 68.5 Å². The van der Waals surface area contributed by atoms with Crippen molar-refractivity contribution in [2.75, 3.05) is 0 Å². The number of allylic oxidation sites excluding steroid dienone is 1. The molecule has 0 atom stereocenters. The summed E-state index contributed by atoms with van der Waals surface area (Å²) in [6.45, 7) is 4.58. The lowest BCUT2D eigenvalue weighted by atomic mass is 9.82. The Morgan fingerprint density at radius 3 is 2.48 bits per heavy atom. The van der Waals surface area contributed by atoms with Crippen LogP contribution in [0.4, 0.5) is 0 Å². The fourth-order valence-electron chi connectivity index (χ4n) is 3.55. The molecule has 0 unspecified atom stereocenters. The predicted molar refractivity (Wildman–Crippen MR) is 90.4 cm³/mol. The van der Waals surface area contributed by atoms with Gasteiger partial charge in [-0.05, 0) is 11.6 Å². The molecule has 0 radical (unpaired) electrons. The Kier molecular flexibility index (Phi) is 2.44. The molecule has 21 heavy (non-hydrogen) atoms. The van der Waals surface area contributed by atoms with Crippen molar-refractivity contribution < 1.29 is 0 Å². The van der Waals surface area contributed by atoms with Crippen LogP contribution in [0.25, 0.3) is 28.2 Å². The smallest absolute Gasteiger partial charge is 0.0565 e. The highest BCUT2D eigenvalue weighted by Gasteiger charge is 2.27. The van der Waals surface area contributed by atoms with Gasteiger partial charge in [-0.3, -0.25) is 0 Å². The Balaban J connectivity index is 2.20. The van der Waals surface area contributed by atoms with E-state index in [0.717, 1.165) is 0 Å². The summed E-state index contributed by atoms with van der Waals surface area (Å²) in [4.78, 5) is 0. The molecule has 0 saturated heterocycles. The molecule has 2 aromatic carbocycles. The Bertz CT molecular complexity index is 878. The molecule has 4 rings (SSSR count). The van der Waals surface area contributed by atoms with E-state index >= 15 is 0 Å². The summed E-state index contributed by atoms with van der Waals surface area (Å²) in [6, 6.07) is 17.4. The molecule has 0 fully saturated rings. The van der Waals surface area contributed by atoms with Crippen LogP contribution < -0.4 is 0 Å². The van der Waals surface area contributed by atoms with Gasteiger partial charge < -0.3 is 4.57 Å². The SMILES string of the molecule is Cn1c2c(c3ccccc31)C=CC(C)(C)c1ccccc1-2. The molecule has 1 aliphatic carbocycles. The first-order valence-electron chi connectivity index (χ1n) is 7.46. The lowest BCUT2D eigenvalue weighted by Crippen LogP contribution is -2.14. The molecule has 1 heteroatoms. The number of hydrogen-bond donors (Lipinski definition) is 0. The van der Waals surface area contributed by atoms with E-state index < -0.39 is 0 Å². The average molecular weight is 273 g/mol. The Morgan fingerprint density at radius 1 is 0.905 bits per heavy atom. The molecular formula is C20H19N. The molecule has 1 nitrogen and oxygen atoms in total. The second kappa shape index (κ2) is 4.11. The molecule has 0 spiro atoms. The highest BCUT2D eigenvalue weighted by atomic mass is 15.0. The number of fused-ring (bicyclic) bond motifs is 5. The monoisotopic (exact) mass is 273 g/mol. The molecule has 1 heterocycles. The van der Waals surface area contributed by atoms with Crippen molar-refractivity contribution in [3.63, 3.8) is 0 Å². The van der Waals surface area contributed by atoms with Gasteiger partial charge in [0, 0.05) is 34.5 Å². The second-order valence-corrected chi connectivity index (χ2v) is 6.44. The van der Waals surface area contributed by atoms with Crippen molar-refractivity contribution in [2.45, 2.75) is 19.3 Å². The lowest BCUT2D eigenvalue weighted by Gasteiger charge is -2.23. The normalized spacial score (nSPS) is 15.6. The first kappa shape index (κ1) is 12.5. The van der Waals surface area contributed by atoms with Gasteiger partial charge in [-0.15, -0.1) is 0 Å². The third-order valence-corrected chi connectivity index (χ3v) is 4.69. The van der Waals surface area contributed by atoms with Gasteiger partial charge in [-0.25, -0.2) is 0 Å². The van der Waals surface area contributed by atoms with Crippen molar-refractivity contribution in [3.05, 3.63) is 65.7 Å². The third-order valence-electron chi connectivity index (χ3n) is 4.69. The minimum atomic E-state index is 0.0523. The molecular weight excluding hydrogens is 254 g/mol. The first-order valence-corrected chi connectivity index (χ1v) is 7.46. The summed E-state index contributed by atoms with van der Waals surface area (Å²) in [5, 5.41) is 1.33. The molecule has 1 aliphatic rings. The Morgan fingerprint density at radius 2 is 1.62 bits per heavy atom. The number of hydrogen-bond acceptors (Lipinski definition) is 0. The summed E-state index contributed by atoms with van der Waals surface area (Å²) in [5.41, 5.74) is 6.75. The van der Waals surface area contributed by atoms with Crippen LogP contribution in [0.3, 0.4) is 0 Å². The predicted octanol–water partition coefficient (Wildman–Crippen LogP) is 5.15. The van der Waals surface area contributed by atoms with E-state index in [1.165, 1.54) is 33.3 Å². The van der Waals surface area contributed by atoms with Gasteiger partial charge in [0.15, 0.2) is 0 Å². The minimum Gasteiger partial charge on any atom is -0.343 e. The van der Waals surface area contributed by atoms with Crippen molar-refractivity contribution in [3.8, 4) is 11.3 Å². The van der Waals surface area contributed by atoms with Crippen LogP contribution in [-0.4, -0.2) is 4.57 Å². The van der Waals surface area contributed by atoms with Crippen LogP contribution in [0.1, 0.15) is 25.0 Å². The van der Waals surface area contributed by atoms with Gasteiger partial charge in [0.25, 0.3) is 0 Å². The fraction of sp³-hybridized carbons (Fsp3) is 0.200. The largest absolute Gasteiger partial charge is 0.343 e. The highest BCUT2D eigenvalue weighted by molar-refractivity contribution is 5.99. The first-order chi connectivity index (χ1) is 10.1. The van der Waals surface area contributed by atoms with E-state index in [4.69, 9.17) is 0 Å². The van der Waals surface area contributed by atoms with Gasteiger partial charge >= 0.3 is 0 Å². The molecule has 0 amide bonds. The number of rotatable bonds is 0. The van der Waals surface area contributed by atoms with Gasteiger partial charge in [0.05, 0.1) is 5.69 Å². The van der Waals surface area contributed by atoms with Gasteiger partial charge in [0.2, 0.25) is 0 Å². The zero-order valence-corrected chi connectivity index (χ0v) is 12.7. The standard InChI is InChI=1S/C20H19N/c1-20(2)13-12-15-14-8-5-7-11-18(14)21(3)19(15)16-9-4-6-10-17(16)20/h4-13H,1-3H3. The minimum absolute atomic E-state index is 0.0523. The molecule has 1 aromatic heterocycles. The van der Waals surface area contributed by atoms with Crippen LogP contribution in [-0.2, 0) is 12.5 Å². The summed E-state index contributed by atoms with van der Waals surface area (Å²) >= 11 is 0. The summed E-state index contributed by atoms with van der Waals surface area (Å²) in [6.07, 6.45) is 4.64. The van der Waals surface area contributed by atoms with E-state index in [1.807, 2.05) is 0 Å². The topological polar surface area (TPSA) is 4.93 Å². The van der Waals surface area contributed by atoms with Crippen LogP contribution in [0.5, 0.6) is 0 Å². The number of aromatic nitrogens is 1. The maximum Gasteiger partial charge on any atom is 0.0565 e. The molecule has 0 aliphatic heterocycles. The number of para-hydroxylation sites is 1. The number of aryl methyl sites for hydroxylation is 1. The maximum atomic E-state index is 2.34. The quantitative estimate of drug-likeness (QED) is 0.534. The van der Waals surface area contributed by atoms with Gasteiger partial charge in [0.1, 0.15) is 0 Å². The van der Waals surface area contributed by atoms with E-state index in [9.17, 15) is 0 Å². The van der Waals surface area contributed by atoms with Crippen molar-refractivity contribution >= 4 is 17.0 Å². The number of nitrogens with zero attached hydrogens (tertiary/aromatic N) is 1. The summed E-state index contributed by atoms with van der Waals surface area (Å²) in [7, 11) is 2.17. The zero-order valence-electron chi connectivity index (χ0n) is 12.7. The second-order valence-electron chi connectivity index (χ2n) is 6.44. The molecule has 104 valence electrons. The average Bonchev–Trinajstić information content (AvgIpc) is 2.71. The Labute approximate surface area is 125 Å². The zero-order chi connectivity index (χ0) is 14.6. The summed E-state index contributed by atoms with van der Waals surface area (Å²) < 4.78 is 2.33. The molecule has 0 saturated carbocycles. The fourth-order valence-corrected chi connectivity index (χ4v) is 3.55. The highest BCUT2D eigenvalue weighted by Crippen LogP contribution is 2.42. The van der Waals surface area contributed by atoms with E-state index in [2.05, 4.69) is 86.1 Å². The molecule has 0 bridgehead atoms. The van der Waals surface area contributed by atoms with Crippen LogP contribution in [0.2, 0.25) is 0 Å². The van der Waals surface area contributed by atoms with Crippen molar-refractivity contribution in [2.24, 2.45) is 7.05 Å². The van der Waals surface area contributed by atoms with Gasteiger partial charge in [-0.2, -0.15) is 0 Å². The Hall–Kier alpha value is -2.28. The van der Waals surface area contributed by atoms with E-state index in [1.54, 1.807) is 0 Å². The third kappa shape index (κ3) is 1.64. The van der Waals surface area contributed by atoms with E-state index in [0.29, 0.717) is 0 Å². The molecule has 3 aromatic rings.